The number of alkyl halides is 3. The van der Waals surface area contributed by atoms with Crippen molar-refractivity contribution in [1.82, 2.24) is 4.90 Å². The lowest BCUT2D eigenvalue weighted by molar-refractivity contribution is -0.163. The third-order valence-electron chi connectivity index (χ3n) is 3.79. The van der Waals surface area contributed by atoms with Gasteiger partial charge >= 0.3 is 6.18 Å². The number of nitrogens with zero attached hydrogens (tertiary/aromatic N) is 1. The Morgan fingerprint density at radius 3 is 2.43 bits per heavy atom. The lowest BCUT2D eigenvalue weighted by Crippen LogP contribution is -2.53. The minimum Gasteiger partial charge on any atom is -0.325 e. The molecule has 0 spiro atoms. The Kier molecular flexibility index (Phi) is 4.41. The number of rotatable bonds is 2. The molecule has 1 saturated heterocycles. The zero-order chi connectivity index (χ0) is 17.5. The first-order valence-corrected chi connectivity index (χ1v) is 6.61. The van der Waals surface area contributed by atoms with Gasteiger partial charge in [0.25, 0.3) is 5.91 Å². The Balaban J connectivity index is 2.44. The van der Waals surface area contributed by atoms with Gasteiger partial charge in [-0.15, -0.1) is 0 Å². The molecule has 1 aliphatic rings. The Hall–Kier alpha value is -2.06. The highest BCUT2D eigenvalue weighted by atomic mass is 19.4. The van der Waals surface area contributed by atoms with Crippen molar-refractivity contribution in [3.05, 3.63) is 35.1 Å². The summed E-state index contributed by atoms with van der Waals surface area (Å²) in [5, 5.41) is 7.51. The fourth-order valence-corrected chi connectivity index (χ4v) is 2.68. The average Bonchev–Trinajstić information content (AvgIpc) is 2.42. The fraction of sp³-hybridized carbons (Fsp3) is 0.429. The molecule has 23 heavy (non-hydrogen) atoms. The van der Waals surface area contributed by atoms with Crippen molar-refractivity contribution in [2.75, 3.05) is 6.54 Å². The van der Waals surface area contributed by atoms with E-state index in [0.717, 1.165) is 0 Å². The summed E-state index contributed by atoms with van der Waals surface area (Å²) < 4.78 is 78.3. The summed E-state index contributed by atoms with van der Waals surface area (Å²) in [5.74, 6) is -6.22. The van der Waals surface area contributed by atoms with Crippen LogP contribution in [0.25, 0.3) is 0 Å². The lowest BCUT2D eigenvalue weighted by Gasteiger charge is -2.40. The number of halogens is 6. The topological polar surface area (TPSA) is 44.2 Å². The molecule has 1 aliphatic heterocycles. The summed E-state index contributed by atoms with van der Waals surface area (Å²) in [4.78, 5) is 12.1. The maximum atomic E-state index is 13.9. The SMILES string of the molecule is C[C@@H]1[C@H](c2cc(F)cc(F)c2F)CC(=N)C(=O)N1CC(F)(F)F. The molecule has 2 atom stereocenters. The highest BCUT2D eigenvalue weighted by molar-refractivity contribution is 6.38. The van der Waals surface area contributed by atoms with Crippen LogP contribution in [0.1, 0.15) is 24.8 Å². The summed E-state index contributed by atoms with van der Waals surface area (Å²) in [6.07, 6.45) is -5.11. The minimum absolute atomic E-state index is 0.316. The van der Waals surface area contributed by atoms with Gasteiger partial charge in [0.15, 0.2) is 11.6 Å². The second-order valence-electron chi connectivity index (χ2n) is 5.37. The quantitative estimate of drug-likeness (QED) is 0.652. The van der Waals surface area contributed by atoms with Crippen LogP contribution in [0.15, 0.2) is 12.1 Å². The molecule has 1 amide bonds. The number of hydrogen-bond donors (Lipinski definition) is 1. The largest absolute Gasteiger partial charge is 0.406 e. The Morgan fingerprint density at radius 1 is 1.26 bits per heavy atom. The first-order chi connectivity index (χ1) is 10.5. The molecule has 1 aromatic carbocycles. The van der Waals surface area contributed by atoms with Crippen LogP contribution in [-0.2, 0) is 4.79 Å². The van der Waals surface area contributed by atoms with Crippen molar-refractivity contribution in [1.29, 1.82) is 5.41 Å². The molecule has 0 aromatic heterocycles. The predicted octanol–water partition coefficient (Wildman–Crippen LogP) is 3.39. The molecule has 0 saturated carbocycles. The van der Waals surface area contributed by atoms with Crippen LogP contribution < -0.4 is 0 Å². The van der Waals surface area contributed by atoms with Crippen LogP contribution in [0, 0.1) is 22.9 Å². The molecule has 0 aliphatic carbocycles. The maximum Gasteiger partial charge on any atom is 0.406 e. The average molecular weight is 338 g/mol. The molecule has 0 bridgehead atoms. The van der Waals surface area contributed by atoms with E-state index in [2.05, 4.69) is 0 Å². The zero-order valence-corrected chi connectivity index (χ0v) is 11.8. The summed E-state index contributed by atoms with van der Waals surface area (Å²) in [6, 6.07) is -0.182. The van der Waals surface area contributed by atoms with Crippen molar-refractivity contribution in [3.63, 3.8) is 0 Å². The van der Waals surface area contributed by atoms with Crippen molar-refractivity contribution < 1.29 is 31.1 Å². The van der Waals surface area contributed by atoms with Crippen LogP contribution in [0.5, 0.6) is 0 Å². The van der Waals surface area contributed by atoms with E-state index in [4.69, 9.17) is 5.41 Å². The van der Waals surface area contributed by atoms with Gasteiger partial charge in [-0.25, -0.2) is 13.2 Å². The fourth-order valence-electron chi connectivity index (χ4n) is 2.68. The van der Waals surface area contributed by atoms with E-state index in [1.54, 1.807) is 0 Å². The van der Waals surface area contributed by atoms with Gasteiger partial charge in [-0.1, -0.05) is 0 Å². The maximum absolute atomic E-state index is 13.9. The van der Waals surface area contributed by atoms with Gasteiger partial charge in [-0.3, -0.25) is 10.2 Å². The number of likely N-dealkylation sites (tertiary alicyclic amines) is 1. The van der Waals surface area contributed by atoms with E-state index in [0.29, 0.717) is 17.0 Å². The highest BCUT2D eigenvalue weighted by Crippen LogP contribution is 2.35. The molecular weight excluding hydrogens is 326 g/mol. The van der Waals surface area contributed by atoms with Gasteiger partial charge in [0.1, 0.15) is 12.4 Å². The zero-order valence-electron chi connectivity index (χ0n) is 11.8. The van der Waals surface area contributed by atoms with Crippen LogP contribution in [0.2, 0.25) is 0 Å². The Morgan fingerprint density at radius 2 is 1.87 bits per heavy atom. The van der Waals surface area contributed by atoms with Gasteiger partial charge in [-0.2, -0.15) is 13.2 Å². The third-order valence-corrected chi connectivity index (χ3v) is 3.79. The van der Waals surface area contributed by atoms with Gasteiger partial charge in [0.05, 0.1) is 5.71 Å². The number of carbonyl (C=O) groups is 1. The van der Waals surface area contributed by atoms with Gasteiger partial charge < -0.3 is 4.90 Å². The van der Waals surface area contributed by atoms with E-state index in [9.17, 15) is 31.1 Å². The molecule has 9 heteroatoms. The van der Waals surface area contributed by atoms with Crippen molar-refractivity contribution >= 4 is 11.6 Å². The minimum atomic E-state index is -4.71. The molecule has 1 N–H and O–H groups in total. The molecular formula is C14H12F6N2O. The molecule has 126 valence electrons. The monoisotopic (exact) mass is 338 g/mol. The Labute approximate surface area is 127 Å². The number of benzene rings is 1. The van der Waals surface area contributed by atoms with Gasteiger partial charge in [-0.05, 0) is 18.6 Å². The standard InChI is InChI=1S/C14H12F6N2O/c1-6-8(9-2-7(15)3-10(16)12(9)17)4-11(21)13(23)22(6)5-14(18,19)20/h2-3,6,8,21H,4-5H2,1H3/t6-,8-/m1/s1. The first kappa shape index (κ1) is 17.3. The van der Waals surface area contributed by atoms with Crippen molar-refractivity contribution in [3.8, 4) is 0 Å². The number of amides is 1. The molecule has 2 rings (SSSR count). The normalized spacial score (nSPS) is 22.7. The number of piperidine rings is 1. The van der Waals surface area contributed by atoms with E-state index in [-0.39, 0.29) is 0 Å². The van der Waals surface area contributed by atoms with Crippen LogP contribution >= 0.6 is 0 Å². The summed E-state index contributed by atoms with van der Waals surface area (Å²) in [7, 11) is 0. The second-order valence-corrected chi connectivity index (χ2v) is 5.37. The Bertz CT molecular complexity index is 657. The summed E-state index contributed by atoms with van der Waals surface area (Å²) in [5.41, 5.74) is -1.15. The number of carbonyl (C=O) groups excluding carboxylic acids is 1. The molecule has 1 fully saturated rings. The number of hydrogen-bond acceptors (Lipinski definition) is 2. The molecule has 0 radical (unpaired) electrons. The van der Waals surface area contributed by atoms with Crippen LogP contribution in [0.4, 0.5) is 26.3 Å². The third kappa shape index (κ3) is 3.48. The summed E-state index contributed by atoms with van der Waals surface area (Å²) >= 11 is 0. The lowest BCUT2D eigenvalue weighted by atomic mass is 9.82. The predicted molar refractivity (Wildman–Crippen MR) is 68.6 cm³/mol. The molecule has 1 aromatic rings. The van der Waals surface area contributed by atoms with Crippen LogP contribution in [0.3, 0.4) is 0 Å². The summed E-state index contributed by atoms with van der Waals surface area (Å²) in [6.45, 7) is -0.395. The smallest absolute Gasteiger partial charge is 0.325 e. The number of nitrogens with one attached hydrogen (secondary N) is 1. The van der Waals surface area contributed by atoms with Crippen molar-refractivity contribution in [2.24, 2.45) is 0 Å². The van der Waals surface area contributed by atoms with E-state index < -0.39 is 65.7 Å². The second kappa shape index (κ2) is 5.86. The first-order valence-electron chi connectivity index (χ1n) is 6.61. The highest BCUT2D eigenvalue weighted by Gasteiger charge is 2.43. The van der Waals surface area contributed by atoms with Gasteiger partial charge in [0.2, 0.25) is 0 Å². The molecule has 1 heterocycles. The molecule has 3 nitrogen and oxygen atoms in total. The van der Waals surface area contributed by atoms with E-state index in [1.165, 1.54) is 6.92 Å². The van der Waals surface area contributed by atoms with E-state index >= 15 is 0 Å². The van der Waals surface area contributed by atoms with Gasteiger partial charge in [0, 0.05) is 24.4 Å². The van der Waals surface area contributed by atoms with Crippen LogP contribution in [-0.4, -0.2) is 35.3 Å². The van der Waals surface area contributed by atoms with E-state index in [1.807, 2.05) is 0 Å². The van der Waals surface area contributed by atoms with Crippen molar-refractivity contribution in [2.45, 2.75) is 31.5 Å². The molecule has 0 unspecified atom stereocenters.